The number of hydrogen-bond donors (Lipinski definition) is 0. The van der Waals surface area contributed by atoms with Gasteiger partial charge in [-0.25, -0.2) is 9.97 Å². The summed E-state index contributed by atoms with van der Waals surface area (Å²) < 4.78 is 0. The van der Waals surface area contributed by atoms with Crippen molar-refractivity contribution in [3.8, 4) is 0 Å². The molecule has 126 valence electrons. The summed E-state index contributed by atoms with van der Waals surface area (Å²) in [7, 11) is 0. The van der Waals surface area contributed by atoms with Crippen molar-refractivity contribution in [3.05, 3.63) is 53.9 Å². The molecule has 0 atom stereocenters. The highest BCUT2D eigenvalue weighted by atomic mass is 15.3. The number of likely N-dealkylation sites (tertiary alicyclic amines) is 1. The summed E-state index contributed by atoms with van der Waals surface area (Å²) in [5, 5.41) is 0. The minimum absolute atomic E-state index is 0.400. The Morgan fingerprint density at radius 3 is 2.29 bits per heavy atom. The summed E-state index contributed by atoms with van der Waals surface area (Å²) in [6, 6.07) is 10.8. The van der Waals surface area contributed by atoms with Crippen LogP contribution in [0.2, 0.25) is 0 Å². The Morgan fingerprint density at radius 1 is 0.958 bits per heavy atom. The Bertz CT molecular complexity index is 656. The molecule has 0 radical (unpaired) electrons. The predicted octanol–water partition coefficient (Wildman–Crippen LogP) is 3.14. The summed E-state index contributed by atoms with van der Waals surface area (Å²) in [5.41, 5.74) is 3.06. The van der Waals surface area contributed by atoms with Crippen LogP contribution in [0.1, 0.15) is 30.9 Å². The highest BCUT2D eigenvalue weighted by Gasteiger charge is 2.38. The number of anilines is 1. The molecule has 0 bridgehead atoms. The number of nitrogens with zero attached hydrogens (tertiary/aromatic N) is 4. The fourth-order valence-electron chi connectivity index (χ4n) is 4.11. The van der Waals surface area contributed by atoms with Crippen LogP contribution in [0.5, 0.6) is 0 Å². The third-order valence-corrected chi connectivity index (χ3v) is 5.17. The first-order chi connectivity index (χ1) is 11.7. The maximum absolute atomic E-state index is 4.56. The van der Waals surface area contributed by atoms with Gasteiger partial charge in [-0.1, -0.05) is 37.3 Å². The molecule has 0 spiro atoms. The standard InChI is InChI=1S/C20H26N4/c1-20(11-17-7-3-2-4-8-17)15-23(16-20)14-18-12-21-19(22-13-18)24-9-5-6-10-24/h2-4,7-8,12-13H,5-6,9-11,14-16H2,1H3. The summed E-state index contributed by atoms with van der Waals surface area (Å²) in [6.45, 7) is 7.85. The fourth-order valence-corrected chi connectivity index (χ4v) is 4.11. The van der Waals surface area contributed by atoms with Crippen molar-refractivity contribution in [2.45, 2.75) is 32.7 Å². The first-order valence-electron chi connectivity index (χ1n) is 9.02. The van der Waals surface area contributed by atoms with Crippen LogP contribution < -0.4 is 4.90 Å². The maximum Gasteiger partial charge on any atom is 0.225 e. The van der Waals surface area contributed by atoms with E-state index < -0.39 is 0 Å². The molecule has 4 heteroatoms. The van der Waals surface area contributed by atoms with Gasteiger partial charge in [-0.2, -0.15) is 0 Å². The van der Waals surface area contributed by atoms with Crippen LogP contribution in [-0.2, 0) is 13.0 Å². The molecule has 24 heavy (non-hydrogen) atoms. The Morgan fingerprint density at radius 2 is 1.62 bits per heavy atom. The van der Waals surface area contributed by atoms with Gasteiger partial charge in [0, 0.05) is 50.7 Å². The van der Waals surface area contributed by atoms with E-state index >= 15 is 0 Å². The predicted molar refractivity (Wildman–Crippen MR) is 97.0 cm³/mol. The Labute approximate surface area is 144 Å². The monoisotopic (exact) mass is 322 g/mol. The average molecular weight is 322 g/mol. The van der Waals surface area contributed by atoms with Gasteiger partial charge in [-0.3, -0.25) is 4.90 Å². The van der Waals surface area contributed by atoms with Crippen LogP contribution in [-0.4, -0.2) is 41.0 Å². The second kappa shape index (κ2) is 6.52. The zero-order chi connectivity index (χ0) is 16.4. The van der Waals surface area contributed by atoms with Gasteiger partial charge in [0.1, 0.15) is 0 Å². The minimum Gasteiger partial charge on any atom is -0.341 e. The SMILES string of the molecule is CC1(Cc2ccccc2)CN(Cc2cnc(N3CCCC3)nc2)C1. The largest absolute Gasteiger partial charge is 0.341 e. The molecule has 0 aliphatic carbocycles. The second-order valence-corrected chi connectivity index (χ2v) is 7.70. The number of rotatable bonds is 5. The molecule has 2 aromatic rings. The number of hydrogen-bond acceptors (Lipinski definition) is 4. The van der Waals surface area contributed by atoms with E-state index in [1.54, 1.807) is 0 Å². The van der Waals surface area contributed by atoms with E-state index in [1.165, 1.54) is 24.0 Å². The van der Waals surface area contributed by atoms with Crippen molar-refractivity contribution in [3.63, 3.8) is 0 Å². The van der Waals surface area contributed by atoms with E-state index in [1.807, 2.05) is 12.4 Å². The van der Waals surface area contributed by atoms with Gasteiger partial charge >= 0.3 is 0 Å². The van der Waals surface area contributed by atoms with E-state index in [0.29, 0.717) is 5.41 Å². The van der Waals surface area contributed by atoms with E-state index in [9.17, 15) is 0 Å². The molecule has 0 saturated carbocycles. The molecule has 2 aliphatic rings. The van der Waals surface area contributed by atoms with Gasteiger partial charge in [0.15, 0.2) is 0 Å². The highest BCUT2D eigenvalue weighted by molar-refractivity contribution is 5.31. The molecule has 3 heterocycles. The van der Waals surface area contributed by atoms with E-state index in [4.69, 9.17) is 0 Å². The van der Waals surface area contributed by atoms with Gasteiger partial charge in [0.05, 0.1) is 0 Å². The number of aromatic nitrogens is 2. The lowest BCUT2D eigenvalue weighted by Crippen LogP contribution is -2.55. The lowest BCUT2D eigenvalue weighted by Gasteiger charge is -2.48. The van der Waals surface area contributed by atoms with E-state index in [2.05, 4.69) is 57.0 Å². The van der Waals surface area contributed by atoms with Crippen molar-refractivity contribution in [2.75, 3.05) is 31.1 Å². The Kier molecular flexibility index (Phi) is 4.23. The summed E-state index contributed by atoms with van der Waals surface area (Å²) in [6.07, 6.45) is 7.70. The third kappa shape index (κ3) is 3.44. The van der Waals surface area contributed by atoms with Gasteiger partial charge in [0.25, 0.3) is 0 Å². The first kappa shape index (κ1) is 15.6. The smallest absolute Gasteiger partial charge is 0.225 e. The molecule has 0 unspecified atom stereocenters. The van der Waals surface area contributed by atoms with Crippen molar-refractivity contribution in [1.82, 2.24) is 14.9 Å². The van der Waals surface area contributed by atoms with Gasteiger partial charge < -0.3 is 4.90 Å². The molecule has 0 amide bonds. The highest BCUT2D eigenvalue weighted by Crippen LogP contribution is 2.34. The third-order valence-electron chi connectivity index (χ3n) is 5.17. The lowest BCUT2D eigenvalue weighted by atomic mass is 9.76. The molecule has 2 aliphatic heterocycles. The maximum atomic E-state index is 4.56. The van der Waals surface area contributed by atoms with Crippen molar-refractivity contribution < 1.29 is 0 Å². The molecule has 0 N–H and O–H groups in total. The van der Waals surface area contributed by atoms with Crippen LogP contribution in [0.3, 0.4) is 0 Å². The Hall–Kier alpha value is -1.94. The van der Waals surface area contributed by atoms with Crippen molar-refractivity contribution >= 4 is 5.95 Å². The number of benzene rings is 1. The molecular formula is C20H26N4. The quantitative estimate of drug-likeness (QED) is 0.846. The van der Waals surface area contributed by atoms with Crippen LogP contribution in [0.4, 0.5) is 5.95 Å². The molecule has 4 rings (SSSR count). The molecule has 4 nitrogen and oxygen atoms in total. The zero-order valence-corrected chi connectivity index (χ0v) is 14.5. The van der Waals surface area contributed by atoms with Gasteiger partial charge in [-0.15, -0.1) is 0 Å². The molecule has 2 fully saturated rings. The lowest BCUT2D eigenvalue weighted by molar-refractivity contribution is 0.00925. The summed E-state index contributed by atoms with van der Waals surface area (Å²) >= 11 is 0. The fraction of sp³-hybridized carbons (Fsp3) is 0.500. The molecule has 1 aromatic heterocycles. The van der Waals surface area contributed by atoms with Crippen LogP contribution >= 0.6 is 0 Å². The molecular weight excluding hydrogens is 296 g/mol. The minimum atomic E-state index is 0.400. The van der Waals surface area contributed by atoms with E-state index in [-0.39, 0.29) is 0 Å². The topological polar surface area (TPSA) is 32.3 Å². The normalized spacial score (nSPS) is 20.1. The van der Waals surface area contributed by atoms with Crippen molar-refractivity contribution in [1.29, 1.82) is 0 Å². The van der Waals surface area contributed by atoms with Crippen LogP contribution in [0.15, 0.2) is 42.7 Å². The van der Waals surface area contributed by atoms with E-state index in [0.717, 1.165) is 45.1 Å². The van der Waals surface area contributed by atoms with Gasteiger partial charge in [-0.05, 0) is 30.2 Å². The first-order valence-corrected chi connectivity index (χ1v) is 9.02. The van der Waals surface area contributed by atoms with Gasteiger partial charge in [0.2, 0.25) is 5.95 Å². The van der Waals surface area contributed by atoms with Crippen LogP contribution in [0, 0.1) is 5.41 Å². The molecule has 1 aromatic carbocycles. The van der Waals surface area contributed by atoms with Crippen LogP contribution in [0.25, 0.3) is 0 Å². The Balaban J connectivity index is 1.29. The summed E-state index contributed by atoms with van der Waals surface area (Å²) in [4.78, 5) is 13.9. The molecule has 2 saturated heterocycles. The zero-order valence-electron chi connectivity index (χ0n) is 14.5. The average Bonchev–Trinajstić information content (AvgIpc) is 3.09. The van der Waals surface area contributed by atoms with Crippen molar-refractivity contribution in [2.24, 2.45) is 5.41 Å². The second-order valence-electron chi connectivity index (χ2n) is 7.70. The summed E-state index contributed by atoms with van der Waals surface area (Å²) in [5.74, 6) is 0.897.